The molecule has 3 N–H and O–H groups in total. The SMILES string of the molecule is CCCCC(NC(=O)Nc1ccc(C)nc1C)C(=O)O. The summed E-state index contributed by atoms with van der Waals surface area (Å²) in [5, 5.41) is 14.1. The first kappa shape index (κ1) is 15.9. The maximum atomic E-state index is 11.8. The Labute approximate surface area is 118 Å². The molecule has 0 fully saturated rings. The van der Waals surface area contributed by atoms with E-state index in [2.05, 4.69) is 15.6 Å². The van der Waals surface area contributed by atoms with Gasteiger partial charge in [0.2, 0.25) is 0 Å². The molecule has 1 heterocycles. The van der Waals surface area contributed by atoms with Gasteiger partial charge in [0.15, 0.2) is 0 Å². The van der Waals surface area contributed by atoms with Crippen molar-refractivity contribution in [3.63, 3.8) is 0 Å². The Bertz CT molecular complexity index is 489. The van der Waals surface area contributed by atoms with E-state index in [-0.39, 0.29) is 0 Å². The molecule has 20 heavy (non-hydrogen) atoms. The van der Waals surface area contributed by atoms with E-state index in [1.165, 1.54) is 0 Å². The van der Waals surface area contributed by atoms with Crippen molar-refractivity contribution >= 4 is 17.7 Å². The predicted molar refractivity (Wildman–Crippen MR) is 76.8 cm³/mol. The van der Waals surface area contributed by atoms with Crippen molar-refractivity contribution in [3.05, 3.63) is 23.5 Å². The van der Waals surface area contributed by atoms with E-state index in [0.717, 1.165) is 18.5 Å². The highest BCUT2D eigenvalue weighted by atomic mass is 16.4. The molecule has 2 amide bonds. The number of carboxylic acids is 1. The van der Waals surface area contributed by atoms with Crippen LogP contribution >= 0.6 is 0 Å². The molecule has 0 saturated heterocycles. The third-order valence-corrected chi connectivity index (χ3v) is 2.92. The third kappa shape index (κ3) is 4.87. The molecule has 0 spiro atoms. The van der Waals surface area contributed by atoms with E-state index in [4.69, 9.17) is 5.11 Å². The molecular weight excluding hydrogens is 258 g/mol. The first-order valence-electron chi connectivity index (χ1n) is 6.68. The summed E-state index contributed by atoms with van der Waals surface area (Å²) in [6.07, 6.45) is 2.06. The molecular formula is C14H21N3O3. The maximum Gasteiger partial charge on any atom is 0.326 e. The second kappa shape index (κ2) is 7.47. The lowest BCUT2D eigenvalue weighted by Gasteiger charge is -2.15. The zero-order valence-electron chi connectivity index (χ0n) is 12.1. The average Bonchev–Trinajstić information content (AvgIpc) is 2.37. The first-order chi connectivity index (χ1) is 9.43. The highest BCUT2D eigenvalue weighted by Gasteiger charge is 2.19. The van der Waals surface area contributed by atoms with Crippen molar-refractivity contribution < 1.29 is 14.7 Å². The van der Waals surface area contributed by atoms with Crippen LogP contribution in [0.2, 0.25) is 0 Å². The van der Waals surface area contributed by atoms with Crippen LogP contribution in [-0.2, 0) is 4.79 Å². The quantitative estimate of drug-likeness (QED) is 0.746. The van der Waals surface area contributed by atoms with E-state index in [0.29, 0.717) is 17.8 Å². The summed E-state index contributed by atoms with van der Waals surface area (Å²) >= 11 is 0. The number of carbonyl (C=O) groups is 2. The van der Waals surface area contributed by atoms with Crippen LogP contribution in [0.4, 0.5) is 10.5 Å². The summed E-state index contributed by atoms with van der Waals surface area (Å²) in [5.74, 6) is -1.02. The van der Waals surface area contributed by atoms with E-state index < -0.39 is 18.0 Å². The molecule has 110 valence electrons. The molecule has 0 aliphatic heterocycles. The van der Waals surface area contributed by atoms with Gasteiger partial charge in [-0.1, -0.05) is 19.8 Å². The number of amides is 2. The highest BCUT2D eigenvalue weighted by molar-refractivity contribution is 5.92. The lowest BCUT2D eigenvalue weighted by atomic mass is 10.1. The number of rotatable bonds is 6. The number of pyridine rings is 1. The molecule has 0 aliphatic carbocycles. The Balaban J connectivity index is 2.63. The summed E-state index contributed by atoms with van der Waals surface area (Å²) in [7, 11) is 0. The molecule has 6 heteroatoms. The first-order valence-corrected chi connectivity index (χ1v) is 6.68. The van der Waals surface area contributed by atoms with Crippen molar-refractivity contribution in [3.8, 4) is 0 Å². The van der Waals surface area contributed by atoms with E-state index in [1.54, 1.807) is 19.1 Å². The molecule has 0 aromatic carbocycles. The molecule has 1 unspecified atom stereocenters. The van der Waals surface area contributed by atoms with Crippen molar-refractivity contribution in [1.82, 2.24) is 10.3 Å². The summed E-state index contributed by atoms with van der Waals surface area (Å²) in [4.78, 5) is 27.1. The molecule has 0 aliphatic rings. The normalized spacial score (nSPS) is 11.8. The van der Waals surface area contributed by atoms with Gasteiger partial charge in [-0.05, 0) is 32.4 Å². The van der Waals surface area contributed by atoms with Crippen LogP contribution in [0.1, 0.15) is 37.6 Å². The van der Waals surface area contributed by atoms with Gasteiger partial charge in [-0.2, -0.15) is 0 Å². The second-order valence-corrected chi connectivity index (χ2v) is 4.72. The standard InChI is InChI=1S/C14H21N3O3/c1-4-5-6-12(13(18)19)17-14(20)16-11-8-7-9(2)15-10(11)3/h7-8,12H,4-6H2,1-3H3,(H,18,19)(H2,16,17,20). The largest absolute Gasteiger partial charge is 0.480 e. The number of carboxylic acid groups (broad SMARTS) is 1. The number of nitrogens with one attached hydrogen (secondary N) is 2. The van der Waals surface area contributed by atoms with Gasteiger partial charge in [-0.3, -0.25) is 4.98 Å². The van der Waals surface area contributed by atoms with Crippen molar-refractivity contribution in [2.24, 2.45) is 0 Å². The van der Waals surface area contributed by atoms with Gasteiger partial charge < -0.3 is 15.7 Å². The van der Waals surface area contributed by atoms with Crippen LogP contribution in [0.5, 0.6) is 0 Å². The molecule has 0 radical (unpaired) electrons. The van der Waals surface area contributed by atoms with Crippen molar-refractivity contribution in [2.45, 2.75) is 46.1 Å². The van der Waals surface area contributed by atoms with Crippen LogP contribution in [0.25, 0.3) is 0 Å². The molecule has 6 nitrogen and oxygen atoms in total. The third-order valence-electron chi connectivity index (χ3n) is 2.92. The minimum Gasteiger partial charge on any atom is -0.480 e. The number of nitrogens with zero attached hydrogens (tertiary/aromatic N) is 1. The number of hydrogen-bond acceptors (Lipinski definition) is 3. The lowest BCUT2D eigenvalue weighted by molar-refractivity contribution is -0.139. The molecule has 1 atom stereocenters. The molecule has 1 aromatic heterocycles. The summed E-state index contributed by atoms with van der Waals surface area (Å²) in [5.41, 5.74) is 2.13. The van der Waals surface area contributed by atoms with Crippen LogP contribution in [0, 0.1) is 13.8 Å². The van der Waals surface area contributed by atoms with Gasteiger partial charge in [0.05, 0.1) is 11.4 Å². The zero-order chi connectivity index (χ0) is 15.1. The van der Waals surface area contributed by atoms with Gasteiger partial charge in [-0.15, -0.1) is 0 Å². The Kier molecular flexibility index (Phi) is 5.96. The smallest absolute Gasteiger partial charge is 0.326 e. The van der Waals surface area contributed by atoms with E-state index in [1.807, 2.05) is 13.8 Å². The monoisotopic (exact) mass is 279 g/mol. The number of aliphatic carboxylic acids is 1. The van der Waals surface area contributed by atoms with Gasteiger partial charge in [0, 0.05) is 5.69 Å². The summed E-state index contributed by atoms with van der Waals surface area (Å²) < 4.78 is 0. The van der Waals surface area contributed by atoms with E-state index in [9.17, 15) is 9.59 Å². The second-order valence-electron chi connectivity index (χ2n) is 4.72. The summed E-state index contributed by atoms with van der Waals surface area (Å²) in [6.45, 7) is 5.62. The van der Waals surface area contributed by atoms with Crippen LogP contribution in [-0.4, -0.2) is 28.1 Å². The van der Waals surface area contributed by atoms with Gasteiger partial charge in [0.25, 0.3) is 0 Å². The number of urea groups is 1. The fourth-order valence-corrected chi connectivity index (χ4v) is 1.80. The van der Waals surface area contributed by atoms with Crippen LogP contribution in [0.3, 0.4) is 0 Å². The van der Waals surface area contributed by atoms with Crippen molar-refractivity contribution in [1.29, 1.82) is 0 Å². The molecule has 0 saturated carbocycles. The maximum absolute atomic E-state index is 11.8. The number of aryl methyl sites for hydroxylation is 2. The predicted octanol–water partition coefficient (Wildman–Crippen LogP) is 2.46. The van der Waals surface area contributed by atoms with Gasteiger partial charge in [0.1, 0.15) is 6.04 Å². The number of anilines is 1. The average molecular weight is 279 g/mol. The minimum atomic E-state index is -1.02. The fraction of sp³-hybridized carbons (Fsp3) is 0.500. The molecule has 1 aromatic rings. The number of aromatic nitrogens is 1. The number of hydrogen-bond donors (Lipinski definition) is 3. The zero-order valence-corrected chi connectivity index (χ0v) is 12.1. The van der Waals surface area contributed by atoms with Gasteiger partial charge >= 0.3 is 12.0 Å². The van der Waals surface area contributed by atoms with E-state index >= 15 is 0 Å². The van der Waals surface area contributed by atoms with Crippen molar-refractivity contribution in [2.75, 3.05) is 5.32 Å². The van der Waals surface area contributed by atoms with Crippen LogP contribution in [0.15, 0.2) is 12.1 Å². The lowest BCUT2D eigenvalue weighted by Crippen LogP contribution is -2.43. The Hall–Kier alpha value is -2.11. The summed E-state index contributed by atoms with van der Waals surface area (Å²) in [6, 6.07) is 2.14. The minimum absolute atomic E-state index is 0.421. The van der Waals surface area contributed by atoms with Crippen LogP contribution < -0.4 is 10.6 Å². The number of unbranched alkanes of at least 4 members (excludes halogenated alkanes) is 1. The topological polar surface area (TPSA) is 91.3 Å². The number of carbonyl (C=O) groups excluding carboxylic acids is 1. The Morgan fingerprint density at radius 2 is 2.05 bits per heavy atom. The Morgan fingerprint density at radius 3 is 2.60 bits per heavy atom. The fourth-order valence-electron chi connectivity index (χ4n) is 1.80. The molecule has 1 rings (SSSR count). The van der Waals surface area contributed by atoms with Gasteiger partial charge in [-0.25, -0.2) is 9.59 Å². The highest BCUT2D eigenvalue weighted by Crippen LogP contribution is 2.12. The molecule has 0 bridgehead atoms. The Morgan fingerprint density at radius 1 is 1.35 bits per heavy atom.